The largest absolute Gasteiger partial charge is 0.303 e. The number of piperidine rings is 1. The molecule has 122 valence electrons. The quantitative estimate of drug-likeness (QED) is 0.672. The van der Waals surface area contributed by atoms with Gasteiger partial charge in [-0.3, -0.25) is 0 Å². The van der Waals surface area contributed by atoms with Gasteiger partial charge in [-0.25, -0.2) is 0 Å². The summed E-state index contributed by atoms with van der Waals surface area (Å²) in [4.78, 5) is 4.16. The van der Waals surface area contributed by atoms with E-state index in [2.05, 4.69) is 49.3 Å². The Hall–Kier alpha value is -0.470. The van der Waals surface area contributed by atoms with Crippen molar-refractivity contribution in [3.05, 3.63) is 29.8 Å². The molecule has 22 heavy (non-hydrogen) atoms. The molecule has 3 rings (SSSR count). The van der Waals surface area contributed by atoms with E-state index in [9.17, 15) is 0 Å². The Morgan fingerprint density at radius 3 is 2.55 bits per heavy atom. The molecule has 0 N–H and O–H groups in total. The summed E-state index contributed by atoms with van der Waals surface area (Å²) in [5.74, 6) is 1.83. The summed E-state index contributed by atoms with van der Waals surface area (Å²) >= 11 is 1.86. The molecule has 0 atom stereocenters. The van der Waals surface area contributed by atoms with Crippen molar-refractivity contribution in [3.8, 4) is 0 Å². The van der Waals surface area contributed by atoms with Gasteiger partial charge in [0, 0.05) is 11.4 Å². The third kappa shape index (κ3) is 4.08. The number of thioether (sulfide) groups is 1. The molecule has 1 aliphatic carbocycles. The smallest absolute Gasteiger partial charge is 0.00718 e. The van der Waals surface area contributed by atoms with Crippen LogP contribution in [0.3, 0.4) is 0 Å². The molecule has 1 heterocycles. The number of rotatable bonds is 6. The lowest BCUT2D eigenvalue weighted by atomic mass is 9.86. The average molecular weight is 318 g/mol. The fraction of sp³-hybridized carbons (Fsp3) is 0.700. The molecular weight excluding hydrogens is 286 g/mol. The highest BCUT2D eigenvalue weighted by atomic mass is 32.2. The predicted molar refractivity (Wildman–Crippen MR) is 97.6 cm³/mol. The third-order valence-corrected chi connectivity index (χ3v) is 6.53. The third-order valence-electron chi connectivity index (χ3n) is 5.80. The molecule has 1 nitrogen and oxygen atoms in total. The molecular formula is C20H31NS. The van der Waals surface area contributed by atoms with Gasteiger partial charge in [0.25, 0.3) is 0 Å². The molecule has 2 fully saturated rings. The fourth-order valence-electron chi connectivity index (χ4n) is 4.04. The number of hydrogen-bond donors (Lipinski definition) is 0. The molecule has 1 saturated heterocycles. The Balaban J connectivity index is 1.54. The van der Waals surface area contributed by atoms with E-state index in [-0.39, 0.29) is 0 Å². The van der Waals surface area contributed by atoms with Gasteiger partial charge in [-0.1, -0.05) is 26.0 Å². The van der Waals surface area contributed by atoms with Gasteiger partial charge in [0.2, 0.25) is 0 Å². The first-order valence-electron chi connectivity index (χ1n) is 8.95. The summed E-state index contributed by atoms with van der Waals surface area (Å²) < 4.78 is 0. The van der Waals surface area contributed by atoms with E-state index in [1.165, 1.54) is 56.6 Å². The second-order valence-electron chi connectivity index (χ2n) is 7.89. The van der Waals surface area contributed by atoms with E-state index in [1.54, 1.807) is 5.56 Å². The van der Waals surface area contributed by atoms with Crippen LogP contribution < -0.4 is 0 Å². The number of likely N-dealkylation sites (tertiary alicyclic amines) is 1. The molecule has 1 aromatic rings. The van der Waals surface area contributed by atoms with Crippen LogP contribution in [0.2, 0.25) is 0 Å². The maximum absolute atomic E-state index is 2.75. The zero-order valence-corrected chi connectivity index (χ0v) is 15.3. The monoisotopic (exact) mass is 317 g/mol. The van der Waals surface area contributed by atoms with E-state index in [0.717, 1.165) is 11.8 Å². The topological polar surface area (TPSA) is 3.24 Å². The van der Waals surface area contributed by atoms with Crippen LogP contribution in [0.1, 0.15) is 45.1 Å². The summed E-state index contributed by atoms with van der Waals surface area (Å²) in [7, 11) is 0. The Labute approximate surface area is 140 Å². The van der Waals surface area contributed by atoms with Gasteiger partial charge >= 0.3 is 0 Å². The Kier molecular flexibility index (Phi) is 5.19. The van der Waals surface area contributed by atoms with E-state index in [4.69, 9.17) is 0 Å². The summed E-state index contributed by atoms with van der Waals surface area (Å²) in [6.45, 7) is 8.77. The lowest BCUT2D eigenvalue weighted by molar-refractivity contribution is 0.133. The fourth-order valence-corrected chi connectivity index (χ4v) is 4.52. The van der Waals surface area contributed by atoms with E-state index < -0.39 is 0 Å². The summed E-state index contributed by atoms with van der Waals surface area (Å²) in [6.07, 6.45) is 9.14. The van der Waals surface area contributed by atoms with Crippen molar-refractivity contribution < 1.29 is 0 Å². The first-order valence-corrected chi connectivity index (χ1v) is 10.2. The number of nitrogens with zero attached hydrogens (tertiary/aromatic N) is 1. The molecule has 0 amide bonds. The van der Waals surface area contributed by atoms with E-state index in [0.29, 0.717) is 5.41 Å². The van der Waals surface area contributed by atoms with E-state index >= 15 is 0 Å². The van der Waals surface area contributed by atoms with Crippen LogP contribution in [-0.4, -0.2) is 30.8 Å². The van der Waals surface area contributed by atoms with E-state index in [1.807, 2.05) is 11.8 Å². The van der Waals surface area contributed by atoms with Crippen LogP contribution in [-0.2, 0) is 6.42 Å². The second-order valence-corrected chi connectivity index (χ2v) is 8.77. The van der Waals surface area contributed by atoms with Crippen molar-refractivity contribution in [2.45, 2.75) is 50.8 Å². The second kappa shape index (κ2) is 6.97. The highest BCUT2D eigenvalue weighted by molar-refractivity contribution is 7.98. The van der Waals surface area contributed by atoms with Crippen LogP contribution in [0.15, 0.2) is 29.2 Å². The average Bonchev–Trinajstić information content (AvgIpc) is 3.27. The first kappa shape index (κ1) is 16.4. The van der Waals surface area contributed by atoms with Crippen LogP contribution in [0.5, 0.6) is 0 Å². The lowest BCUT2D eigenvalue weighted by Crippen LogP contribution is -2.39. The van der Waals surface area contributed by atoms with Crippen molar-refractivity contribution in [2.75, 3.05) is 25.9 Å². The predicted octanol–water partition coefficient (Wildman–Crippen LogP) is 5.10. The summed E-state index contributed by atoms with van der Waals surface area (Å²) in [5, 5.41) is 0. The van der Waals surface area contributed by atoms with Crippen molar-refractivity contribution in [1.29, 1.82) is 0 Å². The normalized spacial score (nSPS) is 22.2. The molecule has 0 spiro atoms. The molecule has 0 radical (unpaired) electrons. The highest BCUT2D eigenvalue weighted by Crippen LogP contribution is 2.49. The molecule has 0 unspecified atom stereocenters. The minimum absolute atomic E-state index is 0.599. The van der Waals surface area contributed by atoms with Gasteiger partial charge in [-0.05, 0) is 86.4 Å². The van der Waals surface area contributed by atoms with Gasteiger partial charge in [-0.15, -0.1) is 11.8 Å². The number of benzene rings is 1. The molecule has 0 bridgehead atoms. The minimum Gasteiger partial charge on any atom is -0.303 e. The molecule has 1 aromatic carbocycles. The first-order chi connectivity index (χ1) is 10.6. The van der Waals surface area contributed by atoms with Gasteiger partial charge < -0.3 is 4.90 Å². The van der Waals surface area contributed by atoms with Gasteiger partial charge in [-0.2, -0.15) is 0 Å². The standard InChI is InChI=1S/C20H31NS/c1-16(2)18-7-11-21(12-8-18)15-20(9-10-20)14-17-5-4-6-19(13-17)22-3/h4-6,13,16,18H,7-12,14-15H2,1-3H3. The van der Waals surface area contributed by atoms with Gasteiger partial charge in [0.1, 0.15) is 0 Å². The molecule has 1 aliphatic heterocycles. The molecule has 0 aromatic heterocycles. The maximum Gasteiger partial charge on any atom is 0.00718 e. The van der Waals surface area contributed by atoms with Crippen molar-refractivity contribution >= 4 is 11.8 Å². The van der Waals surface area contributed by atoms with Crippen molar-refractivity contribution in [1.82, 2.24) is 4.90 Å². The van der Waals surface area contributed by atoms with Crippen LogP contribution in [0.4, 0.5) is 0 Å². The Morgan fingerprint density at radius 2 is 1.95 bits per heavy atom. The van der Waals surface area contributed by atoms with Crippen molar-refractivity contribution in [3.63, 3.8) is 0 Å². The lowest BCUT2D eigenvalue weighted by Gasteiger charge is -2.36. The Morgan fingerprint density at radius 1 is 1.23 bits per heavy atom. The van der Waals surface area contributed by atoms with Crippen LogP contribution in [0.25, 0.3) is 0 Å². The maximum atomic E-state index is 2.75. The van der Waals surface area contributed by atoms with Crippen LogP contribution >= 0.6 is 11.8 Å². The zero-order valence-electron chi connectivity index (χ0n) is 14.5. The molecule has 1 saturated carbocycles. The number of hydrogen-bond acceptors (Lipinski definition) is 2. The Bertz CT molecular complexity index is 484. The molecule has 2 aliphatic rings. The SMILES string of the molecule is CSc1cccc(CC2(CN3CCC(C(C)C)CC3)CC2)c1. The molecule has 2 heteroatoms. The van der Waals surface area contributed by atoms with Gasteiger partial charge in [0.15, 0.2) is 0 Å². The zero-order chi connectivity index (χ0) is 15.6. The summed E-state index contributed by atoms with van der Waals surface area (Å²) in [6, 6.07) is 9.18. The summed E-state index contributed by atoms with van der Waals surface area (Å²) in [5.41, 5.74) is 2.14. The minimum atomic E-state index is 0.599. The van der Waals surface area contributed by atoms with Crippen molar-refractivity contribution in [2.24, 2.45) is 17.3 Å². The van der Waals surface area contributed by atoms with Gasteiger partial charge in [0.05, 0.1) is 0 Å². The highest BCUT2D eigenvalue weighted by Gasteiger charge is 2.44. The van der Waals surface area contributed by atoms with Crippen LogP contribution in [0, 0.1) is 17.3 Å².